The number of rotatable bonds is 7. The second-order valence-corrected chi connectivity index (χ2v) is 7.70. The third-order valence-corrected chi connectivity index (χ3v) is 5.17. The van der Waals surface area contributed by atoms with Crippen molar-refractivity contribution in [3.05, 3.63) is 102 Å². The van der Waals surface area contributed by atoms with Gasteiger partial charge in [0.05, 0.1) is 12.2 Å². The largest absolute Gasteiger partial charge is 0.454 e. The first-order chi connectivity index (χ1) is 15.2. The Balaban J connectivity index is 1.47. The number of benzene rings is 2. The highest BCUT2D eigenvalue weighted by Gasteiger charge is 2.17. The summed E-state index contributed by atoms with van der Waals surface area (Å²) in [4.78, 5) is 10.8. The molecule has 5 rings (SSSR count). The molecule has 31 heavy (non-hydrogen) atoms. The summed E-state index contributed by atoms with van der Waals surface area (Å²) >= 11 is 0. The first-order valence-corrected chi connectivity index (χ1v) is 10.3. The van der Waals surface area contributed by atoms with Gasteiger partial charge in [-0.15, -0.1) is 0 Å². The van der Waals surface area contributed by atoms with Crippen molar-refractivity contribution in [3.63, 3.8) is 0 Å². The molecule has 3 heterocycles. The molecule has 0 saturated heterocycles. The first kappa shape index (κ1) is 19.2. The average molecular weight is 409 g/mol. The molecule has 0 aliphatic rings. The Morgan fingerprint density at radius 3 is 2.61 bits per heavy atom. The van der Waals surface area contributed by atoms with E-state index in [0.29, 0.717) is 13.1 Å². The van der Waals surface area contributed by atoms with Crippen LogP contribution >= 0.6 is 0 Å². The highest BCUT2D eigenvalue weighted by atomic mass is 16.3. The fourth-order valence-electron chi connectivity index (χ4n) is 3.77. The van der Waals surface area contributed by atoms with Crippen molar-refractivity contribution in [2.45, 2.75) is 19.6 Å². The fourth-order valence-corrected chi connectivity index (χ4v) is 3.77. The molecule has 0 atom stereocenters. The standard InChI is InChI=1S/C25H23N5O/c1-29(18-22-14-26-11-12-27-22)16-21-17-30(15-19-7-3-2-4-8-19)28-25(21)24-13-20-9-5-6-10-23(20)31-24/h2-14,17H,15-16,18H2,1H3. The molecule has 0 unspecified atom stereocenters. The van der Waals surface area contributed by atoms with E-state index in [1.165, 1.54) is 5.56 Å². The zero-order chi connectivity index (χ0) is 21.0. The quantitative estimate of drug-likeness (QED) is 0.388. The van der Waals surface area contributed by atoms with Gasteiger partial charge in [-0.1, -0.05) is 48.5 Å². The number of aromatic nitrogens is 4. The van der Waals surface area contributed by atoms with Crippen molar-refractivity contribution in [1.82, 2.24) is 24.6 Å². The average Bonchev–Trinajstić information content (AvgIpc) is 3.38. The molecule has 0 N–H and O–H groups in total. The van der Waals surface area contributed by atoms with Crippen LogP contribution in [-0.4, -0.2) is 31.7 Å². The van der Waals surface area contributed by atoms with Gasteiger partial charge >= 0.3 is 0 Å². The predicted octanol–water partition coefficient (Wildman–Crippen LogP) is 4.77. The summed E-state index contributed by atoms with van der Waals surface area (Å²) in [6.07, 6.45) is 7.33. The lowest BCUT2D eigenvalue weighted by Gasteiger charge is -2.15. The molecule has 0 amide bonds. The van der Waals surface area contributed by atoms with Gasteiger partial charge in [-0.25, -0.2) is 0 Å². The lowest BCUT2D eigenvalue weighted by atomic mass is 10.2. The molecule has 154 valence electrons. The molecule has 5 aromatic rings. The van der Waals surface area contributed by atoms with Crippen molar-refractivity contribution in [1.29, 1.82) is 0 Å². The Morgan fingerprint density at radius 1 is 0.968 bits per heavy atom. The van der Waals surface area contributed by atoms with Gasteiger partial charge in [0, 0.05) is 48.8 Å². The van der Waals surface area contributed by atoms with E-state index in [1.807, 2.05) is 28.9 Å². The fraction of sp³-hybridized carbons (Fsp3) is 0.160. The number of hydrogen-bond donors (Lipinski definition) is 0. The van der Waals surface area contributed by atoms with Crippen LogP contribution in [0.1, 0.15) is 16.8 Å². The number of para-hydroxylation sites is 1. The normalized spacial score (nSPS) is 11.4. The number of fused-ring (bicyclic) bond motifs is 1. The van der Waals surface area contributed by atoms with Crippen molar-refractivity contribution in [2.75, 3.05) is 7.05 Å². The summed E-state index contributed by atoms with van der Waals surface area (Å²) in [6.45, 7) is 2.14. The number of furan rings is 1. The monoisotopic (exact) mass is 409 g/mol. The maximum absolute atomic E-state index is 6.14. The van der Waals surface area contributed by atoms with Gasteiger partial charge in [0.1, 0.15) is 11.3 Å². The molecule has 0 fully saturated rings. The van der Waals surface area contributed by atoms with Crippen LogP contribution in [-0.2, 0) is 19.6 Å². The highest BCUT2D eigenvalue weighted by molar-refractivity contribution is 5.82. The summed E-state index contributed by atoms with van der Waals surface area (Å²) in [7, 11) is 2.08. The van der Waals surface area contributed by atoms with Crippen LogP contribution in [0.3, 0.4) is 0 Å². The molecule has 6 nitrogen and oxygen atoms in total. The summed E-state index contributed by atoms with van der Waals surface area (Å²) in [6, 6.07) is 20.5. The molecule has 0 bridgehead atoms. The van der Waals surface area contributed by atoms with E-state index in [4.69, 9.17) is 9.52 Å². The maximum Gasteiger partial charge on any atom is 0.156 e. The first-order valence-electron chi connectivity index (χ1n) is 10.3. The Hall–Kier alpha value is -3.77. The number of hydrogen-bond acceptors (Lipinski definition) is 5. The van der Waals surface area contributed by atoms with Crippen molar-refractivity contribution in [2.24, 2.45) is 0 Å². The molecule has 0 aliphatic carbocycles. The van der Waals surface area contributed by atoms with Crippen LogP contribution in [0, 0.1) is 0 Å². The minimum atomic E-state index is 0.706. The van der Waals surface area contributed by atoms with E-state index in [9.17, 15) is 0 Å². The van der Waals surface area contributed by atoms with Crippen LogP contribution in [0.15, 0.2) is 89.9 Å². The minimum Gasteiger partial charge on any atom is -0.454 e. The second-order valence-electron chi connectivity index (χ2n) is 7.70. The third-order valence-electron chi connectivity index (χ3n) is 5.17. The van der Waals surface area contributed by atoms with Gasteiger partial charge in [0.15, 0.2) is 5.76 Å². The smallest absolute Gasteiger partial charge is 0.156 e. The summed E-state index contributed by atoms with van der Waals surface area (Å²) in [5.74, 6) is 0.788. The maximum atomic E-state index is 6.14. The van der Waals surface area contributed by atoms with Gasteiger partial charge < -0.3 is 4.42 Å². The second kappa shape index (κ2) is 8.53. The third kappa shape index (κ3) is 4.39. The van der Waals surface area contributed by atoms with Crippen molar-refractivity contribution in [3.8, 4) is 11.5 Å². The Kier molecular flexibility index (Phi) is 5.29. The van der Waals surface area contributed by atoms with E-state index >= 15 is 0 Å². The van der Waals surface area contributed by atoms with Gasteiger partial charge in [0.2, 0.25) is 0 Å². The van der Waals surface area contributed by atoms with Gasteiger partial charge in [0.25, 0.3) is 0 Å². The molecule has 3 aromatic heterocycles. The summed E-state index contributed by atoms with van der Waals surface area (Å²) < 4.78 is 8.13. The van der Waals surface area contributed by atoms with Crippen LogP contribution in [0.5, 0.6) is 0 Å². The van der Waals surface area contributed by atoms with Crippen LogP contribution in [0.4, 0.5) is 0 Å². The lowest BCUT2D eigenvalue weighted by molar-refractivity contribution is 0.314. The zero-order valence-corrected chi connectivity index (χ0v) is 17.3. The van der Waals surface area contributed by atoms with Crippen LogP contribution in [0.25, 0.3) is 22.4 Å². The van der Waals surface area contributed by atoms with Gasteiger partial charge in [-0.2, -0.15) is 5.10 Å². The molecular formula is C25H23N5O. The molecule has 0 spiro atoms. The van der Waals surface area contributed by atoms with Crippen LogP contribution in [0.2, 0.25) is 0 Å². The van der Waals surface area contributed by atoms with Crippen molar-refractivity contribution >= 4 is 11.0 Å². The molecule has 0 radical (unpaired) electrons. The number of nitrogens with zero attached hydrogens (tertiary/aromatic N) is 5. The van der Waals surface area contributed by atoms with Crippen molar-refractivity contribution < 1.29 is 4.42 Å². The summed E-state index contributed by atoms with van der Waals surface area (Å²) in [5, 5.41) is 5.98. The minimum absolute atomic E-state index is 0.706. The van der Waals surface area contributed by atoms with E-state index in [0.717, 1.165) is 40.2 Å². The summed E-state index contributed by atoms with van der Waals surface area (Å²) in [5.41, 5.74) is 5.00. The molecule has 6 heteroatoms. The zero-order valence-electron chi connectivity index (χ0n) is 17.3. The SMILES string of the molecule is CN(Cc1cnccn1)Cc1cn(Cc2ccccc2)nc1-c1cc2ccccc2o1. The molecule has 0 aliphatic heterocycles. The van der Waals surface area contributed by atoms with Crippen LogP contribution < -0.4 is 0 Å². The highest BCUT2D eigenvalue weighted by Crippen LogP contribution is 2.30. The van der Waals surface area contributed by atoms with E-state index in [1.54, 1.807) is 18.6 Å². The van der Waals surface area contributed by atoms with E-state index < -0.39 is 0 Å². The van der Waals surface area contributed by atoms with E-state index in [-0.39, 0.29) is 0 Å². The molecule has 2 aromatic carbocycles. The lowest BCUT2D eigenvalue weighted by Crippen LogP contribution is -2.18. The van der Waals surface area contributed by atoms with E-state index in [2.05, 4.69) is 64.5 Å². The Labute approximate surface area is 180 Å². The predicted molar refractivity (Wildman–Crippen MR) is 120 cm³/mol. The van der Waals surface area contributed by atoms with Gasteiger partial charge in [-0.3, -0.25) is 19.5 Å². The van der Waals surface area contributed by atoms with Gasteiger partial charge in [-0.05, 0) is 24.7 Å². The molecular weight excluding hydrogens is 386 g/mol. The topological polar surface area (TPSA) is 60.0 Å². The Morgan fingerprint density at radius 2 is 1.81 bits per heavy atom. The Bertz CT molecular complexity index is 1240. The molecule has 0 saturated carbocycles.